The molecule has 3 rings (SSSR count). The number of hydrogen-bond donors (Lipinski definition) is 1. The van der Waals surface area contributed by atoms with Crippen molar-refractivity contribution in [3.05, 3.63) is 95.6 Å². The average molecular weight is 423 g/mol. The first-order valence-electron chi connectivity index (χ1n) is 9.78. The van der Waals surface area contributed by atoms with Gasteiger partial charge in [0.1, 0.15) is 0 Å². The molecule has 156 valence electrons. The number of nitrogens with one attached hydrogen (secondary N) is 1. The zero-order chi connectivity index (χ0) is 21.7. The van der Waals surface area contributed by atoms with Gasteiger partial charge in [0.2, 0.25) is 0 Å². The van der Waals surface area contributed by atoms with E-state index in [-0.39, 0.29) is 10.8 Å². The molecule has 1 amide bonds. The summed E-state index contributed by atoms with van der Waals surface area (Å²) in [7, 11) is -1.98. The van der Waals surface area contributed by atoms with Crippen LogP contribution in [0.4, 0.5) is 5.69 Å². The van der Waals surface area contributed by atoms with Gasteiger partial charge in [0.15, 0.2) is 0 Å². The highest BCUT2D eigenvalue weighted by Crippen LogP contribution is 2.19. The van der Waals surface area contributed by atoms with Crippen LogP contribution in [0.2, 0.25) is 0 Å². The summed E-state index contributed by atoms with van der Waals surface area (Å²) in [6.45, 7) is 4.75. The van der Waals surface area contributed by atoms with Crippen LogP contribution in [-0.4, -0.2) is 26.3 Å². The molecule has 0 aromatic heterocycles. The minimum absolute atomic E-state index is 0.170. The van der Waals surface area contributed by atoms with Crippen LogP contribution in [0.1, 0.15) is 41.3 Å². The van der Waals surface area contributed by atoms with E-state index in [2.05, 4.69) is 30.7 Å². The number of carbonyl (C=O) groups is 1. The molecule has 0 unspecified atom stereocenters. The Balaban J connectivity index is 1.72. The average Bonchev–Trinajstić information content (AvgIpc) is 2.74. The number of carbonyl (C=O) groups excluding carboxylic acids is 1. The molecule has 0 saturated heterocycles. The summed E-state index contributed by atoms with van der Waals surface area (Å²) >= 11 is 0. The molecule has 0 fully saturated rings. The lowest BCUT2D eigenvalue weighted by Gasteiger charge is -2.18. The maximum Gasteiger partial charge on any atom is 0.261 e. The van der Waals surface area contributed by atoms with Crippen molar-refractivity contribution in [2.45, 2.75) is 31.2 Å². The number of rotatable bonds is 7. The summed E-state index contributed by atoms with van der Waals surface area (Å²) in [6.07, 6.45) is 0. The highest BCUT2D eigenvalue weighted by molar-refractivity contribution is 7.92. The van der Waals surface area contributed by atoms with Gasteiger partial charge in [0.05, 0.1) is 4.90 Å². The van der Waals surface area contributed by atoms with Crippen molar-refractivity contribution in [3.63, 3.8) is 0 Å². The van der Waals surface area contributed by atoms with E-state index in [9.17, 15) is 13.2 Å². The SMILES string of the molecule is CC(C)c1ccc(CN(C)C(=O)c2cccc(NS(=O)(=O)c3ccccc3)c2)cc1. The third-order valence-electron chi connectivity index (χ3n) is 4.83. The van der Waals surface area contributed by atoms with Gasteiger partial charge < -0.3 is 4.90 Å². The number of anilines is 1. The molecule has 0 radical (unpaired) electrons. The van der Waals surface area contributed by atoms with Gasteiger partial charge in [-0.25, -0.2) is 8.42 Å². The highest BCUT2D eigenvalue weighted by atomic mass is 32.2. The summed E-state index contributed by atoms with van der Waals surface area (Å²) in [5.74, 6) is 0.282. The van der Waals surface area contributed by atoms with E-state index < -0.39 is 10.0 Å². The van der Waals surface area contributed by atoms with Gasteiger partial charge in [-0.2, -0.15) is 0 Å². The second-order valence-corrected chi connectivity index (χ2v) is 9.24. The molecular formula is C24H26N2O3S. The van der Waals surface area contributed by atoms with Crippen LogP contribution in [0, 0.1) is 0 Å². The first-order chi connectivity index (χ1) is 14.3. The number of sulfonamides is 1. The zero-order valence-corrected chi connectivity index (χ0v) is 18.2. The van der Waals surface area contributed by atoms with Crippen LogP contribution in [0.3, 0.4) is 0 Å². The lowest BCUT2D eigenvalue weighted by Crippen LogP contribution is -2.26. The molecule has 0 bridgehead atoms. The highest BCUT2D eigenvalue weighted by Gasteiger charge is 2.16. The van der Waals surface area contributed by atoms with Crippen molar-refractivity contribution in [2.24, 2.45) is 0 Å². The monoisotopic (exact) mass is 422 g/mol. The fourth-order valence-electron chi connectivity index (χ4n) is 3.10. The summed E-state index contributed by atoms with van der Waals surface area (Å²) < 4.78 is 27.6. The molecule has 0 aliphatic carbocycles. The van der Waals surface area contributed by atoms with Gasteiger partial charge >= 0.3 is 0 Å². The Labute approximate surface area is 178 Å². The molecular weight excluding hydrogens is 396 g/mol. The second-order valence-electron chi connectivity index (χ2n) is 7.56. The quantitative estimate of drug-likeness (QED) is 0.590. The molecule has 0 spiro atoms. The zero-order valence-electron chi connectivity index (χ0n) is 17.4. The predicted molar refractivity (Wildman–Crippen MR) is 120 cm³/mol. The first kappa shape index (κ1) is 21.6. The van der Waals surface area contributed by atoms with Crippen molar-refractivity contribution in [1.29, 1.82) is 0 Å². The van der Waals surface area contributed by atoms with E-state index in [1.165, 1.54) is 17.7 Å². The van der Waals surface area contributed by atoms with E-state index in [0.29, 0.717) is 23.7 Å². The van der Waals surface area contributed by atoms with Gasteiger partial charge in [0, 0.05) is 24.8 Å². The van der Waals surface area contributed by atoms with Crippen molar-refractivity contribution in [2.75, 3.05) is 11.8 Å². The van der Waals surface area contributed by atoms with Crippen molar-refractivity contribution < 1.29 is 13.2 Å². The van der Waals surface area contributed by atoms with Crippen LogP contribution in [0.15, 0.2) is 83.8 Å². The lowest BCUT2D eigenvalue weighted by atomic mass is 10.0. The summed E-state index contributed by atoms with van der Waals surface area (Å²) in [4.78, 5) is 14.7. The fraction of sp³-hybridized carbons (Fsp3) is 0.208. The number of amides is 1. The van der Waals surface area contributed by atoms with Crippen molar-refractivity contribution in [1.82, 2.24) is 4.90 Å². The maximum absolute atomic E-state index is 12.9. The molecule has 0 saturated carbocycles. The van der Waals surface area contributed by atoms with Crippen molar-refractivity contribution >= 4 is 21.6 Å². The smallest absolute Gasteiger partial charge is 0.261 e. The number of hydrogen-bond acceptors (Lipinski definition) is 3. The largest absolute Gasteiger partial charge is 0.337 e. The molecule has 30 heavy (non-hydrogen) atoms. The van der Waals surface area contributed by atoms with Gasteiger partial charge in [0.25, 0.3) is 15.9 Å². The van der Waals surface area contributed by atoms with Crippen LogP contribution >= 0.6 is 0 Å². The Morgan fingerprint density at radius 3 is 2.23 bits per heavy atom. The molecule has 0 atom stereocenters. The Morgan fingerprint density at radius 2 is 1.60 bits per heavy atom. The number of nitrogens with zero attached hydrogens (tertiary/aromatic N) is 1. The van der Waals surface area contributed by atoms with Crippen LogP contribution in [0.25, 0.3) is 0 Å². The van der Waals surface area contributed by atoms with E-state index in [1.807, 2.05) is 12.1 Å². The summed E-state index contributed by atoms with van der Waals surface area (Å²) in [5.41, 5.74) is 3.06. The van der Waals surface area contributed by atoms with Crippen molar-refractivity contribution in [3.8, 4) is 0 Å². The van der Waals surface area contributed by atoms with E-state index in [0.717, 1.165) is 5.56 Å². The molecule has 1 N–H and O–H groups in total. The Hall–Kier alpha value is -3.12. The van der Waals surface area contributed by atoms with E-state index in [1.54, 1.807) is 54.4 Å². The van der Waals surface area contributed by atoms with Crippen LogP contribution < -0.4 is 4.72 Å². The molecule has 3 aromatic carbocycles. The van der Waals surface area contributed by atoms with Gasteiger partial charge in [-0.1, -0.05) is 62.4 Å². The predicted octanol–water partition coefficient (Wildman–Crippen LogP) is 4.88. The van der Waals surface area contributed by atoms with Crippen LogP contribution in [-0.2, 0) is 16.6 Å². The molecule has 0 aliphatic rings. The van der Waals surface area contributed by atoms with Gasteiger partial charge in [-0.15, -0.1) is 0 Å². The second kappa shape index (κ2) is 9.13. The molecule has 6 heteroatoms. The van der Waals surface area contributed by atoms with Gasteiger partial charge in [-0.05, 0) is 47.4 Å². The summed E-state index contributed by atoms with van der Waals surface area (Å²) in [5, 5.41) is 0. The minimum Gasteiger partial charge on any atom is -0.337 e. The molecule has 5 nitrogen and oxygen atoms in total. The van der Waals surface area contributed by atoms with Crippen LogP contribution in [0.5, 0.6) is 0 Å². The lowest BCUT2D eigenvalue weighted by molar-refractivity contribution is 0.0785. The Bertz CT molecular complexity index is 1110. The fourth-order valence-corrected chi connectivity index (χ4v) is 4.17. The Morgan fingerprint density at radius 1 is 0.933 bits per heavy atom. The molecule has 0 heterocycles. The topological polar surface area (TPSA) is 66.5 Å². The normalized spacial score (nSPS) is 11.3. The Kier molecular flexibility index (Phi) is 6.57. The maximum atomic E-state index is 12.9. The summed E-state index contributed by atoms with van der Waals surface area (Å²) in [6, 6.07) is 22.9. The minimum atomic E-state index is -3.71. The van der Waals surface area contributed by atoms with E-state index >= 15 is 0 Å². The standard InChI is InChI=1S/C24H26N2O3S/c1-18(2)20-14-12-19(13-15-20)17-26(3)24(27)21-8-7-9-22(16-21)25-30(28,29)23-10-5-4-6-11-23/h4-16,18,25H,17H2,1-3H3. The molecule has 3 aromatic rings. The first-order valence-corrected chi connectivity index (χ1v) is 11.3. The van der Waals surface area contributed by atoms with Gasteiger partial charge in [-0.3, -0.25) is 9.52 Å². The third kappa shape index (κ3) is 5.27. The number of benzene rings is 3. The molecule has 0 aliphatic heterocycles. The third-order valence-corrected chi connectivity index (χ3v) is 6.23. The van der Waals surface area contributed by atoms with E-state index in [4.69, 9.17) is 0 Å².